The highest BCUT2D eigenvalue weighted by molar-refractivity contribution is 6.30. The van der Waals surface area contributed by atoms with Crippen molar-refractivity contribution < 1.29 is 4.79 Å². The number of urea groups is 1. The van der Waals surface area contributed by atoms with Gasteiger partial charge in [0.1, 0.15) is 0 Å². The smallest absolute Gasteiger partial charge is 0.322 e. The molecular formula is C18H25ClN6O. The van der Waals surface area contributed by atoms with Crippen molar-refractivity contribution in [3.05, 3.63) is 29.3 Å². The van der Waals surface area contributed by atoms with Crippen molar-refractivity contribution in [3.8, 4) is 0 Å². The molecule has 2 fully saturated rings. The second kappa shape index (κ2) is 7.31. The minimum atomic E-state index is -0.0594. The average Bonchev–Trinajstić information content (AvgIpc) is 3.35. The summed E-state index contributed by atoms with van der Waals surface area (Å²) in [6, 6.07) is 0.121. The number of halogens is 1. The molecule has 26 heavy (non-hydrogen) atoms. The molecule has 3 heterocycles. The van der Waals surface area contributed by atoms with E-state index in [9.17, 15) is 4.79 Å². The van der Waals surface area contributed by atoms with Crippen molar-refractivity contribution in [1.29, 1.82) is 0 Å². The summed E-state index contributed by atoms with van der Waals surface area (Å²) in [7, 11) is 1.91. The summed E-state index contributed by atoms with van der Waals surface area (Å²) in [5, 5.41) is 12.6. The number of likely N-dealkylation sites (tertiary alicyclic amines) is 1. The van der Waals surface area contributed by atoms with E-state index in [1.165, 1.54) is 19.3 Å². The summed E-state index contributed by atoms with van der Waals surface area (Å²) in [6.45, 7) is 1.36. The predicted octanol–water partition coefficient (Wildman–Crippen LogP) is 3.80. The van der Waals surface area contributed by atoms with Crippen LogP contribution in [-0.4, -0.2) is 43.6 Å². The Kier molecular flexibility index (Phi) is 4.89. The maximum Gasteiger partial charge on any atom is 0.322 e. The highest BCUT2D eigenvalue weighted by atomic mass is 35.5. The maximum absolute atomic E-state index is 12.8. The highest BCUT2D eigenvalue weighted by Crippen LogP contribution is 2.35. The van der Waals surface area contributed by atoms with E-state index >= 15 is 0 Å². The van der Waals surface area contributed by atoms with Gasteiger partial charge in [-0.25, -0.2) is 4.79 Å². The first-order valence-electron chi connectivity index (χ1n) is 9.39. The quantitative estimate of drug-likeness (QED) is 0.885. The van der Waals surface area contributed by atoms with Gasteiger partial charge in [-0.05, 0) is 19.3 Å². The van der Waals surface area contributed by atoms with E-state index in [2.05, 4.69) is 15.5 Å². The van der Waals surface area contributed by atoms with Crippen molar-refractivity contribution >= 4 is 23.3 Å². The van der Waals surface area contributed by atoms with E-state index in [0.717, 1.165) is 30.6 Å². The van der Waals surface area contributed by atoms with Crippen molar-refractivity contribution in [3.63, 3.8) is 0 Å². The number of anilines is 1. The van der Waals surface area contributed by atoms with Gasteiger partial charge in [-0.3, -0.25) is 9.36 Å². The number of amides is 2. The fraction of sp³-hybridized carbons (Fsp3) is 0.611. The molecule has 1 atom stereocenters. The Morgan fingerprint density at radius 1 is 1.23 bits per heavy atom. The minimum absolute atomic E-state index is 0.0594. The SMILES string of the molecule is Cn1cc(NC(=O)N2CCC(n3cc(Cl)cn3)C2)c(C2CCCCC2)n1. The van der Waals surface area contributed by atoms with Crippen LogP contribution < -0.4 is 5.32 Å². The fourth-order valence-electron chi connectivity index (χ4n) is 4.13. The van der Waals surface area contributed by atoms with E-state index in [0.29, 0.717) is 24.0 Å². The van der Waals surface area contributed by atoms with Gasteiger partial charge in [-0.2, -0.15) is 10.2 Å². The molecule has 0 bridgehead atoms. The van der Waals surface area contributed by atoms with Gasteiger partial charge in [0, 0.05) is 38.4 Å². The third-order valence-corrected chi connectivity index (χ3v) is 5.68. The van der Waals surface area contributed by atoms with Crippen LogP contribution in [0, 0.1) is 0 Å². The lowest BCUT2D eigenvalue weighted by atomic mass is 9.86. The Morgan fingerprint density at radius 2 is 2.04 bits per heavy atom. The van der Waals surface area contributed by atoms with Gasteiger partial charge in [0.25, 0.3) is 0 Å². The van der Waals surface area contributed by atoms with Gasteiger partial charge < -0.3 is 10.2 Å². The molecule has 1 saturated heterocycles. The first-order valence-corrected chi connectivity index (χ1v) is 9.77. The third kappa shape index (κ3) is 3.58. The number of carbonyl (C=O) groups excluding carboxylic acids is 1. The lowest BCUT2D eigenvalue weighted by molar-refractivity contribution is 0.220. The van der Waals surface area contributed by atoms with Crippen molar-refractivity contribution in [2.24, 2.45) is 7.05 Å². The summed E-state index contributed by atoms with van der Waals surface area (Å²) in [5.41, 5.74) is 1.89. The molecule has 1 unspecified atom stereocenters. The van der Waals surface area contributed by atoms with Crippen LogP contribution in [0.2, 0.25) is 5.02 Å². The Hall–Kier alpha value is -2.02. The van der Waals surface area contributed by atoms with Gasteiger partial charge in [0.05, 0.1) is 28.6 Å². The second-order valence-corrected chi connectivity index (χ2v) is 7.83. The number of carbonyl (C=O) groups is 1. The molecule has 2 amide bonds. The number of nitrogens with one attached hydrogen (secondary N) is 1. The molecule has 2 aliphatic rings. The molecule has 0 aromatic carbocycles. The molecule has 0 spiro atoms. The van der Waals surface area contributed by atoms with Crippen LogP contribution >= 0.6 is 11.6 Å². The fourth-order valence-corrected chi connectivity index (χ4v) is 4.27. The lowest BCUT2D eigenvalue weighted by Gasteiger charge is -2.22. The number of hydrogen-bond acceptors (Lipinski definition) is 3. The zero-order chi connectivity index (χ0) is 18.1. The Labute approximate surface area is 158 Å². The van der Waals surface area contributed by atoms with Gasteiger partial charge >= 0.3 is 6.03 Å². The van der Waals surface area contributed by atoms with Crippen LogP contribution in [0.5, 0.6) is 0 Å². The zero-order valence-electron chi connectivity index (χ0n) is 15.1. The summed E-state index contributed by atoms with van der Waals surface area (Å²) < 4.78 is 3.66. The van der Waals surface area contributed by atoms with E-state index in [-0.39, 0.29) is 12.1 Å². The monoisotopic (exact) mass is 376 g/mol. The first-order chi connectivity index (χ1) is 12.6. The van der Waals surface area contributed by atoms with Gasteiger partial charge in [-0.1, -0.05) is 30.9 Å². The molecule has 4 rings (SSSR count). The average molecular weight is 377 g/mol. The van der Waals surface area contributed by atoms with E-state index in [1.54, 1.807) is 10.9 Å². The molecule has 1 saturated carbocycles. The molecular weight excluding hydrogens is 352 g/mol. The molecule has 1 aliphatic carbocycles. The second-order valence-electron chi connectivity index (χ2n) is 7.39. The van der Waals surface area contributed by atoms with Gasteiger partial charge in [0.15, 0.2) is 0 Å². The number of hydrogen-bond donors (Lipinski definition) is 1. The summed E-state index contributed by atoms with van der Waals surface area (Å²) in [5.74, 6) is 0.456. The predicted molar refractivity (Wildman–Crippen MR) is 101 cm³/mol. The van der Waals surface area contributed by atoms with Crippen LogP contribution in [0.1, 0.15) is 56.2 Å². The summed E-state index contributed by atoms with van der Waals surface area (Å²) in [6.07, 6.45) is 12.4. The van der Waals surface area contributed by atoms with Crippen LogP contribution in [0.25, 0.3) is 0 Å². The number of aromatic nitrogens is 4. The molecule has 7 nitrogen and oxygen atoms in total. The molecule has 1 N–H and O–H groups in total. The Bertz CT molecular complexity index is 778. The van der Waals surface area contributed by atoms with Crippen LogP contribution in [-0.2, 0) is 7.05 Å². The molecule has 1 aliphatic heterocycles. The van der Waals surface area contributed by atoms with E-state index in [1.807, 2.05) is 29.0 Å². The van der Waals surface area contributed by atoms with Gasteiger partial charge in [0.2, 0.25) is 0 Å². The molecule has 2 aromatic rings. The Morgan fingerprint density at radius 3 is 2.77 bits per heavy atom. The molecule has 140 valence electrons. The van der Waals surface area contributed by atoms with Crippen molar-refractivity contribution in [2.75, 3.05) is 18.4 Å². The third-order valence-electron chi connectivity index (χ3n) is 5.49. The molecule has 2 aromatic heterocycles. The standard InChI is InChI=1S/C18H25ClN6O/c1-23-12-16(17(22-23)13-5-3-2-4-6-13)21-18(26)24-8-7-15(11-24)25-10-14(19)9-20-25/h9-10,12-13,15H,2-8,11H2,1H3,(H,21,26). The summed E-state index contributed by atoms with van der Waals surface area (Å²) >= 11 is 5.95. The number of nitrogens with zero attached hydrogens (tertiary/aromatic N) is 5. The lowest BCUT2D eigenvalue weighted by Crippen LogP contribution is -2.33. The zero-order valence-corrected chi connectivity index (χ0v) is 15.8. The topological polar surface area (TPSA) is 68.0 Å². The molecule has 0 radical (unpaired) electrons. The van der Waals surface area contributed by atoms with Crippen LogP contribution in [0.3, 0.4) is 0 Å². The first kappa shape index (κ1) is 17.4. The van der Waals surface area contributed by atoms with Crippen molar-refractivity contribution in [2.45, 2.75) is 50.5 Å². The van der Waals surface area contributed by atoms with E-state index in [4.69, 9.17) is 11.6 Å². The number of aryl methyl sites for hydroxylation is 1. The summed E-state index contributed by atoms with van der Waals surface area (Å²) in [4.78, 5) is 14.6. The largest absolute Gasteiger partial charge is 0.322 e. The van der Waals surface area contributed by atoms with E-state index < -0.39 is 0 Å². The maximum atomic E-state index is 12.8. The number of rotatable bonds is 3. The van der Waals surface area contributed by atoms with Crippen LogP contribution in [0.4, 0.5) is 10.5 Å². The normalized spacial score (nSPS) is 21.3. The van der Waals surface area contributed by atoms with Crippen molar-refractivity contribution in [1.82, 2.24) is 24.5 Å². The minimum Gasteiger partial charge on any atom is -0.322 e. The Balaban J connectivity index is 1.42. The van der Waals surface area contributed by atoms with Crippen LogP contribution in [0.15, 0.2) is 18.6 Å². The highest BCUT2D eigenvalue weighted by Gasteiger charge is 2.29. The molecule has 8 heteroatoms. The van der Waals surface area contributed by atoms with Gasteiger partial charge in [-0.15, -0.1) is 0 Å².